The van der Waals surface area contributed by atoms with Crippen LogP contribution in [0.2, 0.25) is 5.15 Å². The summed E-state index contributed by atoms with van der Waals surface area (Å²) in [6.45, 7) is 32.1. The number of alkyl halides is 1. The lowest BCUT2D eigenvalue weighted by Crippen LogP contribution is -2.45. The molecule has 378 valence electrons. The first-order valence-corrected chi connectivity index (χ1v) is 25.2. The van der Waals surface area contributed by atoms with E-state index in [1.807, 2.05) is 131 Å². The van der Waals surface area contributed by atoms with Gasteiger partial charge in [-0.15, -0.1) is 0 Å². The van der Waals surface area contributed by atoms with E-state index >= 15 is 0 Å². The van der Waals surface area contributed by atoms with Crippen LogP contribution in [0.5, 0.6) is 0 Å². The van der Waals surface area contributed by atoms with E-state index < -0.39 is 11.6 Å². The van der Waals surface area contributed by atoms with Gasteiger partial charge in [0, 0.05) is 64.0 Å². The van der Waals surface area contributed by atoms with Gasteiger partial charge in [0.2, 0.25) is 17.4 Å². The van der Waals surface area contributed by atoms with Gasteiger partial charge in [-0.3, -0.25) is 29.6 Å². The molecule has 1 aliphatic rings. The van der Waals surface area contributed by atoms with Crippen molar-refractivity contribution in [3.8, 4) is 0 Å². The van der Waals surface area contributed by atoms with Crippen LogP contribution in [0.3, 0.4) is 0 Å². The lowest BCUT2D eigenvalue weighted by molar-refractivity contribution is -0.252. The number of carbonyl (C=O) groups is 1. The summed E-state index contributed by atoms with van der Waals surface area (Å²) < 4.78 is 33.7. The maximum atomic E-state index is 11.3. The Bertz CT molecular complexity index is 2110. The van der Waals surface area contributed by atoms with E-state index in [4.69, 9.17) is 40.0 Å². The summed E-state index contributed by atoms with van der Waals surface area (Å²) in [6, 6.07) is 19.2. The molecule has 0 amide bonds. The number of aromatic nitrogens is 5. The van der Waals surface area contributed by atoms with E-state index in [1.54, 1.807) is 30.7 Å². The molecule has 0 saturated carbocycles. The molecule has 0 aromatic carbocycles. The lowest BCUT2D eigenvalue weighted by Gasteiger charge is -2.35. The largest absolute Gasteiger partial charge is 0.492 e. The molecule has 1 saturated heterocycles. The number of hydrogen-bond donors (Lipinski definition) is 0. The van der Waals surface area contributed by atoms with Crippen molar-refractivity contribution in [2.45, 2.75) is 101 Å². The molecule has 5 aromatic rings. The third-order valence-corrected chi connectivity index (χ3v) is 10.9. The molecule has 0 unspecified atom stereocenters. The fourth-order valence-corrected chi connectivity index (χ4v) is 7.21. The number of aryl methyl sites for hydroxylation is 5. The predicted molar refractivity (Wildman–Crippen MR) is 281 cm³/mol. The fraction of sp³-hybridized carbons (Fsp3) is 0.481. The maximum Gasteiger partial charge on any atom is 0.225 e. The first-order chi connectivity index (χ1) is 33.1. The van der Waals surface area contributed by atoms with Crippen molar-refractivity contribution < 1.29 is 33.2 Å². The second-order valence-electron chi connectivity index (χ2n) is 15.8. The molecule has 0 atom stereocenters. The average Bonchev–Trinajstić information content (AvgIpc) is 3.86. The first kappa shape index (κ1) is 60.6. The predicted octanol–water partition coefficient (Wildman–Crippen LogP) is 11.8. The van der Waals surface area contributed by atoms with Gasteiger partial charge >= 0.3 is 0 Å². The number of ether oxygens (including phenoxy) is 6. The highest BCUT2D eigenvalue weighted by molar-refractivity contribution is 9.09. The summed E-state index contributed by atoms with van der Waals surface area (Å²) in [6.07, 6.45) is 11.4. The number of halogens is 2. The number of likely N-dealkylation sites (tertiary alicyclic amines) is 1. The van der Waals surface area contributed by atoms with Crippen molar-refractivity contribution in [2.75, 3.05) is 71.2 Å². The number of pyridine rings is 5. The minimum Gasteiger partial charge on any atom is -0.492 e. The molecule has 0 spiro atoms. The van der Waals surface area contributed by atoms with Gasteiger partial charge < -0.3 is 28.4 Å². The summed E-state index contributed by atoms with van der Waals surface area (Å²) >= 11 is 8.94. The van der Waals surface area contributed by atoms with Gasteiger partial charge in [0.25, 0.3) is 0 Å². The zero-order valence-electron chi connectivity index (χ0n) is 42.9. The van der Waals surface area contributed by atoms with Crippen LogP contribution >= 0.6 is 27.5 Å². The maximum absolute atomic E-state index is 11.3. The normalized spacial score (nSPS) is 12.2. The van der Waals surface area contributed by atoms with Gasteiger partial charge in [-0.2, -0.15) is 0 Å². The smallest absolute Gasteiger partial charge is 0.225 e. The number of ketones is 1. The van der Waals surface area contributed by atoms with Gasteiger partial charge in [0.1, 0.15) is 40.3 Å². The molecule has 15 heteroatoms. The highest BCUT2D eigenvalue weighted by Gasteiger charge is 2.38. The van der Waals surface area contributed by atoms with Crippen LogP contribution in [-0.4, -0.2) is 107 Å². The number of nitrogens with zero attached hydrogens (tertiary/aromatic N) is 6. The van der Waals surface area contributed by atoms with Crippen molar-refractivity contribution in [2.24, 2.45) is 0 Å². The van der Waals surface area contributed by atoms with Crippen LogP contribution in [0.4, 0.5) is 0 Å². The Morgan fingerprint density at radius 2 is 1.00 bits per heavy atom. The Morgan fingerprint density at radius 1 is 0.580 bits per heavy atom. The third-order valence-electron chi connectivity index (χ3n) is 9.94. The van der Waals surface area contributed by atoms with Gasteiger partial charge in [-0.25, -0.2) is 4.98 Å². The second kappa shape index (κ2) is 33.9. The van der Waals surface area contributed by atoms with Crippen molar-refractivity contribution >= 4 is 39.1 Å². The van der Waals surface area contributed by atoms with Crippen molar-refractivity contribution in [3.63, 3.8) is 0 Å². The Balaban J connectivity index is 0.000000304. The van der Waals surface area contributed by atoms with Crippen LogP contribution in [0.15, 0.2) is 98.2 Å². The first-order valence-electron chi connectivity index (χ1n) is 23.7. The number of rotatable bonds is 20. The van der Waals surface area contributed by atoms with E-state index in [0.717, 1.165) is 64.5 Å². The monoisotopic (exact) mass is 1030 g/mol. The van der Waals surface area contributed by atoms with Crippen molar-refractivity contribution in [1.29, 1.82) is 0 Å². The quantitative estimate of drug-likeness (QED) is 0.0240. The Hall–Kier alpha value is -4.51. The summed E-state index contributed by atoms with van der Waals surface area (Å²) in [5.74, 6) is -0.932. The van der Waals surface area contributed by atoms with E-state index in [0.29, 0.717) is 61.6 Å². The second-order valence-corrected chi connectivity index (χ2v) is 16.8. The van der Waals surface area contributed by atoms with E-state index in [-0.39, 0.29) is 12.4 Å². The fourth-order valence-electron chi connectivity index (χ4n) is 6.48. The lowest BCUT2D eigenvalue weighted by atomic mass is 10.1. The highest BCUT2D eigenvalue weighted by atomic mass is 79.9. The molecule has 0 aliphatic carbocycles. The number of carbonyl (C=O) groups excluding carboxylic acids is 1. The molecule has 69 heavy (non-hydrogen) atoms. The Labute approximate surface area is 425 Å². The Kier molecular flexibility index (Phi) is 29.8. The summed E-state index contributed by atoms with van der Waals surface area (Å²) in [7, 11) is 0. The topological polar surface area (TPSA) is 140 Å². The molecule has 5 aromatic heterocycles. The Morgan fingerprint density at radius 3 is 1.36 bits per heavy atom. The number of hydrogen-bond acceptors (Lipinski definition) is 13. The molecule has 13 nitrogen and oxygen atoms in total. The van der Waals surface area contributed by atoms with Crippen LogP contribution in [0, 0.1) is 34.6 Å². The minimum absolute atomic E-state index is 0.0677. The molecule has 0 N–H and O–H groups in total. The molecule has 6 rings (SSSR count). The van der Waals surface area contributed by atoms with E-state index in [2.05, 4.69) is 58.4 Å². The SMILES string of the molecule is C=C(OCC)c1ccc(C)cn1.CCOC(CBr)(OCC)c1ccc(C)cn1.CCOC(CN1CCCC1)(OCC)c1ccc(C)cn1.CCOCC(=O)c1ccc(C)cn1.Cc1ccc(Cl)nc1. The molecule has 0 bridgehead atoms. The highest BCUT2D eigenvalue weighted by Crippen LogP contribution is 2.30. The molecule has 0 radical (unpaired) electrons. The standard InChI is InChI=1S/C16H26N2O2.C12H18BrNO2.C10H13NO2.C10H13NO.C6H6ClN/c1-4-19-16(20-5-2,13-18-10-6-7-11-18)15-9-8-14(3)12-17-15;1-4-15-12(9-13,16-5-2)11-7-6-10(3)8-14-11;1-3-13-7-10(12)9-5-4-8(2)6-11-9;1-4-12-9(3)10-6-5-8(2)7-11-10;1-5-2-3-6(7)8-4-5/h8-9,12H,4-7,10-11,13H2,1-3H3;6-8H,4-5,9H2,1-3H3;4-6H,3,7H2,1-2H3;5-7H,3-4H2,1-2H3;2-4H,1H3. The molecular formula is C54H76BrClN6O7. The van der Waals surface area contributed by atoms with Crippen molar-refractivity contribution in [1.82, 2.24) is 29.8 Å². The summed E-state index contributed by atoms with van der Waals surface area (Å²) in [4.78, 5) is 34.7. The zero-order valence-corrected chi connectivity index (χ0v) is 45.2. The van der Waals surface area contributed by atoms with Crippen LogP contribution in [0.25, 0.3) is 5.76 Å². The van der Waals surface area contributed by atoms with Crippen LogP contribution in [0.1, 0.15) is 110 Å². The minimum atomic E-state index is -0.767. The van der Waals surface area contributed by atoms with Crippen LogP contribution in [-0.2, 0) is 40.0 Å². The van der Waals surface area contributed by atoms with Gasteiger partial charge in [0.05, 0.1) is 18.5 Å². The molecule has 1 fully saturated rings. The van der Waals surface area contributed by atoms with Crippen molar-refractivity contribution in [3.05, 3.63) is 154 Å². The van der Waals surface area contributed by atoms with E-state index in [9.17, 15) is 4.79 Å². The van der Waals surface area contributed by atoms with Gasteiger partial charge in [-0.1, -0.05) is 64.4 Å². The number of Topliss-reactive ketones (excluding diaryl/α,β-unsaturated/α-hetero) is 1. The summed E-state index contributed by atoms with van der Waals surface area (Å²) in [5, 5.41) is 1.12. The molecule has 6 heterocycles. The molecular weight excluding hydrogens is 960 g/mol. The third kappa shape index (κ3) is 22.4. The van der Waals surface area contributed by atoms with Crippen LogP contribution < -0.4 is 0 Å². The average molecular weight is 1040 g/mol. The van der Waals surface area contributed by atoms with Gasteiger partial charge in [0.15, 0.2) is 0 Å². The van der Waals surface area contributed by atoms with Gasteiger partial charge in [-0.05, 0) is 160 Å². The zero-order chi connectivity index (χ0) is 51.1. The van der Waals surface area contributed by atoms with E-state index in [1.165, 1.54) is 12.8 Å². The summed E-state index contributed by atoms with van der Waals surface area (Å²) in [5.41, 5.74) is 8.56. The molecule has 1 aliphatic heterocycles.